The Kier molecular flexibility index (Phi) is 2.99. The third-order valence-corrected chi connectivity index (χ3v) is 4.56. The number of hydrogen-bond acceptors (Lipinski definition) is 3. The van der Waals surface area contributed by atoms with E-state index in [1.165, 1.54) is 10.5 Å². The molecule has 1 N–H and O–H groups in total. The first-order valence-electron chi connectivity index (χ1n) is 6.01. The molecule has 1 fully saturated rings. The standard InChI is InChI=1S/C13H14N2O2S/c16-12-8-15(13(17)6-14-12)7-10-5-9-3-1-2-4-11(9)18-10/h1-4,10H,5-8H2,(H,14,16). The van der Waals surface area contributed by atoms with Crippen LogP contribution in [-0.2, 0) is 16.0 Å². The van der Waals surface area contributed by atoms with Crippen LogP contribution in [0.15, 0.2) is 29.2 Å². The number of fused-ring (bicyclic) bond motifs is 1. The lowest BCUT2D eigenvalue weighted by Crippen LogP contribution is -2.53. The Morgan fingerprint density at radius 2 is 2.17 bits per heavy atom. The number of carbonyl (C=O) groups is 2. The summed E-state index contributed by atoms with van der Waals surface area (Å²) in [5.74, 6) is -0.0405. The van der Waals surface area contributed by atoms with Crippen LogP contribution in [0.25, 0.3) is 0 Å². The number of carbonyl (C=O) groups excluding carboxylic acids is 2. The molecule has 5 heteroatoms. The van der Waals surface area contributed by atoms with Crippen molar-refractivity contribution in [3.05, 3.63) is 29.8 Å². The Hall–Kier alpha value is -1.49. The van der Waals surface area contributed by atoms with Crippen LogP contribution in [0.3, 0.4) is 0 Å². The fourth-order valence-electron chi connectivity index (χ4n) is 2.37. The molecule has 1 atom stereocenters. The molecular formula is C13H14N2O2S. The van der Waals surface area contributed by atoms with E-state index in [9.17, 15) is 9.59 Å². The highest BCUT2D eigenvalue weighted by Gasteiger charge is 2.29. The van der Waals surface area contributed by atoms with Crippen LogP contribution in [0.5, 0.6) is 0 Å². The van der Waals surface area contributed by atoms with Gasteiger partial charge in [-0.1, -0.05) is 18.2 Å². The molecular weight excluding hydrogens is 248 g/mol. The Labute approximate surface area is 110 Å². The van der Waals surface area contributed by atoms with Gasteiger partial charge in [0.25, 0.3) is 0 Å². The highest BCUT2D eigenvalue weighted by molar-refractivity contribution is 8.00. The van der Waals surface area contributed by atoms with E-state index in [0.29, 0.717) is 11.8 Å². The molecule has 1 saturated heterocycles. The zero-order valence-corrected chi connectivity index (χ0v) is 10.7. The van der Waals surface area contributed by atoms with Gasteiger partial charge in [0, 0.05) is 16.7 Å². The topological polar surface area (TPSA) is 49.4 Å². The first kappa shape index (κ1) is 11.6. The monoisotopic (exact) mass is 262 g/mol. The van der Waals surface area contributed by atoms with E-state index in [2.05, 4.69) is 17.4 Å². The largest absolute Gasteiger partial charge is 0.345 e. The molecule has 0 bridgehead atoms. The molecule has 2 aliphatic rings. The molecule has 1 aromatic rings. The minimum atomic E-state index is -0.0601. The van der Waals surface area contributed by atoms with Crippen molar-refractivity contribution < 1.29 is 9.59 Å². The summed E-state index contributed by atoms with van der Waals surface area (Å²) in [7, 11) is 0. The molecule has 3 rings (SSSR count). The fourth-order valence-corrected chi connectivity index (χ4v) is 3.71. The van der Waals surface area contributed by atoms with Crippen LogP contribution in [0, 0.1) is 0 Å². The Morgan fingerprint density at radius 3 is 3.00 bits per heavy atom. The molecule has 0 radical (unpaired) electrons. The predicted molar refractivity (Wildman–Crippen MR) is 69.4 cm³/mol. The van der Waals surface area contributed by atoms with Crippen molar-refractivity contribution >= 4 is 23.6 Å². The molecule has 2 aliphatic heterocycles. The molecule has 0 aliphatic carbocycles. The number of hydrogen-bond donors (Lipinski definition) is 1. The van der Waals surface area contributed by atoms with Crippen molar-refractivity contribution in [2.75, 3.05) is 19.6 Å². The van der Waals surface area contributed by atoms with Crippen LogP contribution in [0.4, 0.5) is 0 Å². The Morgan fingerprint density at radius 1 is 1.33 bits per heavy atom. The second kappa shape index (κ2) is 4.65. The number of piperazine rings is 1. The highest BCUT2D eigenvalue weighted by atomic mass is 32.2. The summed E-state index contributed by atoms with van der Waals surface area (Å²) in [6.45, 7) is 1.00. The molecule has 0 spiro atoms. The lowest BCUT2D eigenvalue weighted by atomic mass is 10.1. The molecule has 0 saturated carbocycles. The van der Waals surface area contributed by atoms with Gasteiger partial charge in [-0.15, -0.1) is 11.8 Å². The molecule has 2 heterocycles. The third-order valence-electron chi connectivity index (χ3n) is 3.26. The van der Waals surface area contributed by atoms with Gasteiger partial charge in [0.1, 0.15) is 0 Å². The average Bonchev–Trinajstić information content (AvgIpc) is 2.76. The van der Waals surface area contributed by atoms with Gasteiger partial charge >= 0.3 is 0 Å². The quantitative estimate of drug-likeness (QED) is 0.852. The molecule has 4 nitrogen and oxygen atoms in total. The smallest absolute Gasteiger partial charge is 0.242 e. The van der Waals surface area contributed by atoms with E-state index in [4.69, 9.17) is 0 Å². The SMILES string of the molecule is O=C1CN(CC2Cc3ccccc3S2)C(=O)CN1. The number of amides is 2. The van der Waals surface area contributed by atoms with Gasteiger partial charge in [0.15, 0.2) is 0 Å². The number of rotatable bonds is 2. The molecule has 94 valence electrons. The molecule has 1 aromatic carbocycles. The zero-order chi connectivity index (χ0) is 12.5. The number of thioether (sulfide) groups is 1. The molecule has 2 amide bonds. The summed E-state index contributed by atoms with van der Waals surface area (Å²) in [5, 5.41) is 2.94. The minimum absolute atomic E-state index is 0.0196. The highest BCUT2D eigenvalue weighted by Crippen LogP contribution is 2.37. The number of benzene rings is 1. The van der Waals surface area contributed by atoms with E-state index >= 15 is 0 Å². The van der Waals surface area contributed by atoms with Gasteiger partial charge in [-0.3, -0.25) is 9.59 Å². The van der Waals surface area contributed by atoms with Crippen LogP contribution >= 0.6 is 11.8 Å². The number of nitrogens with one attached hydrogen (secondary N) is 1. The minimum Gasteiger partial charge on any atom is -0.345 e. The summed E-state index contributed by atoms with van der Waals surface area (Å²) in [4.78, 5) is 26.0. The van der Waals surface area contributed by atoms with Gasteiger partial charge in [0.2, 0.25) is 11.8 Å². The summed E-state index contributed by atoms with van der Waals surface area (Å²) >= 11 is 1.81. The maximum atomic E-state index is 11.7. The van der Waals surface area contributed by atoms with Crippen molar-refractivity contribution in [2.45, 2.75) is 16.6 Å². The van der Waals surface area contributed by atoms with Crippen LogP contribution in [-0.4, -0.2) is 41.6 Å². The summed E-state index contributed by atoms with van der Waals surface area (Å²) in [6.07, 6.45) is 0.978. The van der Waals surface area contributed by atoms with E-state index in [-0.39, 0.29) is 24.9 Å². The molecule has 1 unspecified atom stereocenters. The van der Waals surface area contributed by atoms with Crippen LogP contribution in [0.1, 0.15) is 5.56 Å². The fraction of sp³-hybridized carbons (Fsp3) is 0.385. The molecule has 0 aromatic heterocycles. The van der Waals surface area contributed by atoms with Crippen molar-refractivity contribution in [2.24, 2.45) is 0 Å². The van der Waals surface area contributed by atoms with Gasteiger partial charge in [-0.05, 0) is 18.1 Å². The van der Waals surface area contributed by atoms with Crippen LogP contribution in [0.2, 0.25) is 0 Å². The van der Waals surface area contributed by atoms with Crippen molar-refractivity contribution in [3.8, 4) is 0 Å². The van der Waals surface area contributed by atoms with Gasteiger partial charge < -0.3 is 10.2 Å². The lowest BCUT2D eigenvalue weighted by molar-refractivity contribution is -0.140. The van der Waals surface area contributed by atoms with Crippen molar-refractivity contribution in [1.29, 1.82) is 0 Å². The predicted octanol–water partition coefficient (Wildman–Crippen LogP) is 0.662. The molecule has 18 heavy (non-hydrogen) atoms. The van der Waals surface area contributed by atoms with Gasteiger partial charge in [0.05, 0.1) is 13.1 Å². The third kappa shape index (κ3) is 2.22. The summed E-state index contributed by atoms with van der Waals surface area (Å²) in [5.41, 5.74) is 1.35. The van der Waals surface area contributed by atoms with E-state index < -0.39 is 0 Å². The van der Waals surface area contributed by atoms with E-state index in [1.807, 2.05) is 23.9 Å². The second-order valence-electron chi connectivity index (χ2n) is 4.60. The van der Waals surface area contributed by atoms with Crippen LogP contribution < -0.4 is 5.32 Å². The summed E-state index contributed by atoms with van der Waals surface area (Å²) in [6, 6.07) is 8.33. The van der Waals surface area contributed by atoms with Gasteiger partial charge in [-0.2, -0.15) is 0 Å². The van der Waals surface area contributed by atoms with E-state index in [0.717, 1.165) is 6.42 Å². The van der Waals surface area contributed by atoms with Crippen molar-refractivity contribution in [1.82, 2.24) is 10.2 Å². The second-order valence-corrected chi connectivity index (χ2v) is 5.94. The first-order valence-corrected chi connectivity index (χ1v) is 6.89. The van der Waals surface area contributed by atoms with Crippen molar-refractivity contribution in [3.63, 3.8) is 0 Å². The lowest BCUT2D eigenvalue weighted by Gasteiger charge is -2.28. The van der Waals surface area contributed by atoms with E-state index in [1.54, 1.807) is 4.90 Å². The maximum Gasteiger partial charge on any atom is 0.242 e. The normalized spacial score (nSPS) is 22.9. The summed E-state index contributed by atoms with van der Waals surface area (Å²) < 4.78 is 0. The Bertz CT molecular complexity index is 479. The zero-order valence-electron chi connectivity index (χ0n) is 9.89. The van der Waals surface area contributed by atoms with Gasteiger partial charge in [-0.25, -0.2) is 0 Å². The first-order chi connectivity index (χ1) is 8.72. The number of nitrogens with zero attached hydrogens (tertiary/aromatic N) is 1. The average molecular weight is 262 g/mol. The maximum absolute atomic E-state index is 11.7. The Balaban J connectivity index is 1.65.